The van der Waals surface area contributed by atoms with E-state index in [1.165, 1.54) is 0 Å². The summed E-state index contributed by atoms with van der Waals surface area (Å²) in [6.07, 6.45) is -3.06. The van der Waals surface area contributed by atoms with Crippen LogP contribution in [0.3, 0.4) is 0 Å². The molecule has 8 nitrogen and oxygen atoms in total. The molecular weight excluding hydrogens is 424 g/mol. The van der Waals surface area contributed by atoms with E-state index in [1.54, 1.807) is 0 Å². The van der Waals surface area contributed by atoms with Gasteiger partial charge in [-0.15, -0.1) is 0 Å². The van der Waals surface area contributed by atoms with Crippen LogP contribution >= 0.6 is 12.6 Å². The van der Waals surface area contributed by atoms with E-state index in [0.29, 0.717) is 32.1 Å². The van der Waals surface area contributed by atoms with Crippen molar-refractivity contribution in [1.82, 2.24) is 0 Å². The summed E-state index contributed by atoms with van der Waals surface area (Å²) in [5, 5.41) is 40.9. The number of ether oxygens (including phenoxy) is 4. The van der Waals surface area contributed by atoms with Gasteiger partial charge in [0.1, 0.15) is 6.10 Å². The maximum atomic E-state index is 11.0. The third kappa shape index (κ3) is 8.72. The van der Waals surface area contributed by atoms with E-state index in [-0.39, 0.29) is 17.8 Å². The summed E-state index contributed by atoms with van der Waals surface area (Å²) in [5.74, 6) is 0.260. The number of hydrogen-bond donors (Lipinski definition) is 5. The lowest BCUT2D eigenvalue weighted by atomic mass is 9.94. The van der Waals surface area contributed by atoms with Crippen molar-refractivity contribution in [2.24, 2.45) is 5.92 Å². The summed E-state index contributed by atoms with van der Waals surface area (Å²) in [4.78, 5) is 0. The van der Waals surface area contributed by atoms with Crippen molar-refractivity contribution in [2.45, 2.75) is 122 Å². The highest BCUT2D eigenvalue weighted by atomic mass is 32.1. The van der Waals surface area contributed by atoms with Crippen molar-refractivity contribution >= 4 is 12.6 Å². The molecule has 1 aliphatic heterocycles. The van der Waals surface area contributed by atoms with Crippen molar-refractivity contribution in [3.8, 4) is 0 Å². The Bertz CT molecular complexity index is 471. The Hall–Kier alpha value is 0.0300. The Balaban J connectivity index is 2.78. The minimum atomic E-state index is -1.00. The van der Waals surface area contributed by atoms with E-state index in [1.807, 2.05) is 34.6 Å². The van der Waals surface area contributed by atoms with Gasteiger partial charge in [-0.2, -0.15) is 12.6 Å². The molecule has 31 heavy (non-hydrogen) atoms. The molecule has 1 heterocycles. The molecule has 4 N–H and O–H groups in total. The zero-order chi connectivity index (χ0) is 23.6. The number of rotatable bonds is 15. The molecule has 0 saturated carbocycles. The summed E-state index contributed by atoms with van der Waals surface area (Å²) in [7, 11) is 0. The van der Waals surface area contributed by atoms with Gasteiger partial charge < -0.3 is 39.4 Å². The van der Waals surface area contributed by atoms with Crippen LogP contribution in [-0.4, -0.2) is 88.1 Å². The molecule has 0 bridgehead atoms. The molecule has 10 atom stereocenters. The molecule has 186 valence electrons. The molecular formula is C22H44O8S. The maximum absolute atomic E-state index is 11.0. The largest absolute Gasteiger partial charge is 0.391 e. The minimum absolute atomic E-state index is 0.0137. The highest BCUT2D eigenvalue weighted by Crippen LogP contribution is 2.30. The van der Waals surface area contributed by atoms with Gasteiger partial charge in [0.25, 0.3) is 0 Å². The van der Waals surface area contributed by atoms with Crippen LogP contribution in [0, 0.1) is 5.92 Å². The van der Waals surface area contributed by atoms with Crippen LogP contribution in [0.4, 0.5) is 0 Å². The van der Waals surface area contributed by atoms with E-state index >= 15 is 0 Å². The SMILES string of the molecule is CCC(O)C(CS)OC(CO)OC(CC)C(O)C(CC)OC1OC(CC)C(O)CC1C. The van der Waals surface area contributed by atoms with E-state index < -0.39 is 55.8 Å². The quantitative estimate of drug-likeness (QED) is 0.183. The zero-order valence-electron chi connectivity index (χ0n) is 19.6. The fourth-order valence-corrected chi connectivity index (χ4v) is 4.18. The molecule has 9 heteroatoms. The Kier molecular flexibility index (Phi) is 14.1. The van der Waals surface area contributed by atoms with E-state index in [2.05, 4.69) is 12.6 Å². The normalized spacial score (nSPS) is 30.4. The maximum Gasteiger partial charge on any atom is 0.181 e. The Morgan fingerprint density at radius 1 is 1.00 bits per heavy atom. The van der Waals surface area contributed by atoms with Gasteiger partial charge in [0.05, 0.1) is 43.2 Å². The first-order chi connectivity index (χ1) is 14.8. The smallest absolute Gasteiger partial charge is 0.181 e. The van der Waals surface area contributed by atoms with Gasteiger partial charge in [0.15, 0.2) is 12.6 Å². The van der Waals surface area contributed by atoms with Gasteiger partial charge in [-0.05, 0) is 32.1 Å². The van der Waals surface area contributed by atoms with Crippen molar-refractivity contribution in [2.75, 3.05) is 12.4 Å². The number of thiol groups is 1. The lowest BCUT2D eigenvalue weighted by Crippen LogP contribution is -2.49. The molecule has 1 fully saturated rings. The van der Waals surface area contributed by atoms with Gasteiger partial charge in [0, 0.05) is 11.7 Å². The van der Waals surface area contributed by atoms with Crippen LogP contribution in [0.5, 0.6) is 0 Å². The Morgan fingerprint density at radius 2 is 1.61 bits per heavy atom. The number of hydrogen-bond acceptors (Lipinski definition) is 9. The molecule has 1 rings (SSSR count). The first-order valence-electron chi connectivity index (χ1n) is 11.6. The molecule has 0 spiro atoms. The van der Waals surface area contributed by atoms with E-state index in [9.17, 15) is 20.4 Å². The molecule has 0 radical (unpaired) electrons. The third-order valence-electron chi connectivity index (χ3n) is 5.92. The molecule has 1 aliphatic rings. The highest BCUT2D eigenvalue weighted by Gasteiger charge is 2.38. The standard InChI is InChI=1S/C22H44O8S/c1-6-14(24)19(12-31)28-20(11-23)27-17(8-3)21(26)18(9-4)30-22-13(5)10-15(25)16(7-2)29-22/h13-26,31H,6-12H2,1-5H3. The Morgan fingerprint density at radius 3 is 2.10 bits per heavy atom. The second kappa shape index (κ2) is 15.0. The average molecular weight is 469 g/mol. The lowest BCUT2D eigenvalue weighted by molar-refractivity contribution is -0.286. The van der Waals surface area contributed by atoms with Crippen molar-refractivity contribution in [3.05, 3.63) is 0 Å². The molecule has 0 aromatic carbocycles. The van der Waals surface area contributed by atoms with Crippen LogP contribution in [0.2, 0.25) is 0 Å². The summed E-state index contributed by atoms with van der Waals surface area (Å²) in [5.41, 5.74) is 0. The molecule has 1 saturated heterocycles. The minimum Gasteiger partial charge on any atom is -0.391 e. The first kappa shape index (κ1) is 29.1. The van der Waals surface area contributed by atoms with E-state index in [0.717, 1.165) is 0 Å². The van der Waals surface area contributed by atoms with Gasteiger partial charge in [-0.25, -0.2) is 0 Å². The average Bonchev–Trinajstić information content (AvgIpc) is 2.78. The van der Waals surface area contributed by atoms with Crippen LogP contribution in [0.15, 0.2) is 0 Å². The summed E-state index contributed by atoms with van der Waals surface area (Å²) in [6.45, 7) is 9.11. The summed E-state index contributed by atoms with van der Waals surface area (Å²) in [6, 6.07) is 0. The van der Waals surface area contributed by atoms with E-state index in [4.69, 9.17) is 18.9 Å². The highest BCUT2D eigenvalue weighted by molar-refractivity contribution is 7.80. The number of aliphatic hydroxyl groups is 4. The second-order valence-electron chi connectivity index (χ2n) is 8.33. The third-order valence-corrected chi connectivity index (χ3v) is 6.28. The topological polar surface area (TPSA) is 118 Å². The number of aliphatic hydroxyl groups excluding tert-OH is 4. The van der Waals surface area contributed by atoms with Gasteiger partial charge in [0.2, 0.25) is 0 Å². The summed E-state index contributed by atoms with van der Waals surface area (Å²) < 4.78 is 23.6. The lowest BCUT2D eigenvalue weighted by Gasteiger charge is -2.40. The molecule has 0 aromatic rings. The van der Waals surface area contributed by atoms with Gasteiger partial charge in [-0.3, -0.25) is 0 Å². The van der Waals surface area contributed by atoms with Gasteiger partial charge in [-0.1, -0.05) is 34.6 Å². The van der Waals surface area contributed by atoms with Crippen molar-refractivity contribution < 1.29 is 39.4 Å². The Labute approximate surface area is 192 Å². The van der Waals surface area contributed by atoms with Crippen LogP contribution < -0.4 is 0 Å². The zero-order valence-corrected chi connectivity index (χ0v) is 20.5. The fourth-order valence-electron chi connectivity index (χ4n) is 3.85. The van der Waals surface area contributed by atoms with Crippen molar-refractivity contribution in [3.63, 3.8) is 0 Å². The fraction of sp³-hybridized carbons (Fsp3) is 1.00. The monoisotopic (exact) mass is 468 g/mol. The van der Waals surface area contributed by atoms with Crippen molar-refractivity contribution in [1.29, 1.82) is 0 Å². The predicted octanol–water partition coefficient (Wildman–Crippen LogP) is 1.86. The molecule has 10 unspecified atom stereocenters. The molecule has 0 aromatic heterocycles. The van der Waals surface area contributed by atoms with Crippen LogP contribution in [-0.2, 0) is 18.9 Å². The summed E-state index contributed by atoms with van der Waals surface area (Å²) >= 11 is 4.20. The first-order valence-corrected chi connectivity index (χ1v) is 12.3. The van der Waals surface area contributed by atoms with Crippen LogP contribution in [0.25, 0.3) is 0 Å². The van der Waals surface area contributed by atoms with Gasteiger partial charge >= 0.3 is 0 Å². The molecule has 0 aliphatic carbocycles. The molecule has 0 amide bonds. The second-order valence-corrected chi connectivity index (χ2v) is 8.70. The van der Waals surface area contributed by atoms with Crippen LogP contribution in [0.1, 0.15) is 66.7 Å². The predicted molar refractivity (Wildman–Crippen MR) is 121 cm³/mol.